The van der Waals surface area contributed by atoms with Gasteiger partial charge in [0.2, 0.25) is 5.89 Å². The number of likely N-dealkylation sites (tertiary alicyclic amines) is 1. The molecule has 41 heavy (non-hydrogen) atoms. The lowest BCUT2D eigenvalue weighted by Crippen LogP contribution is -2.52. The molecule has 16 heteroatoms. The SMILES string of the molecule is CC(C)(C)OC(=O)N1C[C@@H](NC(=O)c2cnc3cc(Cl)c(F)cc3c2)CC[C@@H]1c1nnc(OCCOC(F)(F)F)o1. The first-order chi connectivity index (χ1) is 19.2. The summed E-state index contributed by atoms with van der Waals surface area (Å²) in [6.07, 6.45) is -3.92. The Morgan fingerprint density at radius 3 is 2.61 bits per heavy atom. The molecular formula is C25H26ClF4N5O6. The standard InChI is InChI=1S/C25H26ClF4N5O6/c1-24(2,3)41-23(37)35-12-15(32-20(36)14-8-13-9-17(27)16(26)10-18(13)31-11-14)4-5-19(35)21-33-34-22(40-21)38-6-7-39-25(28,29)30/h8-11,15,19H,4-7,12H2,1-3H3,(H,32,36)/t15-,19+/m0/s1. The van der Waals surface area contributed by atoms with Crippen LogP contribution in [-0.4, -0.2) is 69.8 Å². The average molecular weight is 604 g/mol. The number of nitrogens with zero attached hydrogens (tertiary/aromatic N) is 4. The zero-order valence-electron chi connectivity index (χ0n) is 22.1. The molecule has 4 rings (SSSR count). The normalized spacial score (nSPS) is 17.9. The lowest BCUT2D eigenvalue weighted by molar-refractivity contribution is -0.325. The molecule has 2 aromatic heterocycles. The predicted octanol–water partition coefficient (Wildman–Crippen LogP) is 5.20. The number of carbonyl (C=O) groups is 2. The molecule has 2 atom stereocenters. The number of fused-ring (bicyclic) bond motifs is 1. The summed E-state index contributed by atoms with van der Waals surface area (Å²) in [5.41, 5.74) is -0.243. The van der Waals surface area contributed by atoms with E-state index in [0.717, 1.165) is 0 Å². The van der Waals surface area contributed by atoms with E-state index in [-0.39, 0.29) is 29.4 Å². The molecule has 0 bridgehead atoms. The minimum Gasteiger partial charge on any atom is -0.447 e. The second-order valence-electron chi connectivity index (χ2n) is 10.1. The van der Waals surface area contributed by atoms with Crippen LogP contribution in [0.2, 0.25) is 5.02 Å². The van der Waals surface area contributed by atoms with E-state index in [0.29, 0.717) is 17.3 Å². The first-order valence-electron chi connectivity index (χ1n) is 12.4. The second-order valence-corrected chi connectivity index (χ2v) is 10.5. The molecule has 0 radical (unpaired) electrons. The number of hydrogen-bond donors (Lipinski definition) is 1. The number of ether oxygens (including phenoxy) is 3. The number of hydrogen-bond acceptors (Lipinski definition) is 9. The summed E-state index contributed by atoms with van der Waals surface area (Å²) in [6, 6.07) is 2.75. The van der Waals surface area contributed by atoms with Crippen molar-refractivity contribution in [2.75, 3.05) is 19.8 Å². The van der Waals surface area contributed by atoms with Gasteiger partial charge in [-0.15, -0.1) is 18.3 Å². The molecule has 0 unspecified atom stereocenters. The maximum absolute atomic E-state index is 13.9. The molecule has 3 heterocycles. The lowest BCUT2D eigenvalue weighted by Gasteiger charge is -2.38. The van der Waals surface area contributed by atoms with Gasteiger partial charge in [0.15, 0.2) is 0 Å². The molecule has 0 saturated carbocycles. The van der Waals surface area contributed by atoms with Gasteiger partial charge in [0.1, 0.15) is 24.1 Å². The first kappa shape index (κ1) is 30.2. The van der Waals surface area contributed by atoms with Crippen molar-refractivity contribution in [2.24, 2.45) is 0 Å². The number of piperidine rings is 1. The highest BCUT2D eigenvalue weighted by molar-refractivity contribution is 6.31. The number of alkyl halides is 3. The van der Waals surface area contributed by atoms with Gasteiger partial charge in [-0.25, -0.2) is 9.18 Å². The molecule has 1 fully saturated rings. The van der Waals surface area contributed by atoms with E-state index in [1.165, 1.54) is 29.3 Å². The molecule has 1 aliphatic heterocycles. The van der Waals surface area contributed by atoms with Crippen LogP contribution >= 0.6 is 11.6 Å². The Kier molecular flexibility index (Phi) is 8.87. The van der Waals surface area contributed by atoms with Gasteiger partial charge < -0.3 is 19.2 Å². The Balaban J connectivity index is 1.45. The van der Waals surface area contributed by atoms with Gasteiger partial charge >= 0.3 is 18.5 Å². The largest absolute Gasteiger partial charge is 0.522 e. The molecule has 3 aromatic rings. The van der Waals surface area contributed by atoms with E-state index in [9.17, 15) is 27.2 Å². The zero-order valence-corrected chi connectivity index (χ0v) is 22.9. The molecule has 1 aliphatic rings. The number of pyridine rings is 1. The van der Waals surface area contributed by atoms with Crippen molar-refractivity contribution >= 4 is 34.5 Å². The van der Waals surface area contributed by atoms with E-state index < -0.39 is 61.2 Å². The van der Waals surface area contributed by atoms with Crippen LogP contribution in [-0.2, 0) is 9.47 Å². The van der Waals surface area contributed by atoms with Crippen LogP contribution in [0.3, 0.4) is 0 Å². The fraction of sp³-hybridized carbons (Fsp3) is 0.480. The monoisotopic (exact) mass is 603 g/mol. The van der Waals surface area contributed by atoms with Gasteiger partial charge in [-0.05, 0) is 51.8 Å². The van der Waals surface area contributed by atoms with Crippen LogP contribution in [0.5, 0.6) is 6.08 Å². The van der Waals surface area contributed by atoms with Gasteiger partial charge in [-0.2, -0.15) is 0 Å². The quantitative estimate of drug-likeness (QED) is 0.286. The molecule has 11 nitrogen and oxygen atoms in total. The van der Waals surface area contributed by atoms with Crippen LogP contribution in [0.15, 0.2) is 28.8 Å². The third-order valence-electron chi connectivity index (χ3n) is 5.81. The van der Waals surface area contributed by atoms with E-state index >= 15 is 0 Å². The highest BCUT2D eigenvalue weighted by Crippen LogP contribution is 2.33. The summed E-state index contributed by atoms with van der Waals surface area (Å²) >= 11 is 5.80. The van der Waals surface area contributed by atoms with Crippen molar-refractivity contribution < 1.29 is 45.8 Å². The van der Waals surface area contributed by atoms with E-state index in [1.807, 2.05) is 0 Å². The van der Waals surface area contributed by atoms with Crippen molar-refractivity contribution in [3.63, 3.8) is 0 Å². The summed E-state index contributed by atoms with van der Waals surface area (Å²) in [4.78, 5) is 31.6. The number of benzene rings is 1. The van der Waals surface area contributed by atoms with Gasteiger partial charge in [0, 0.05) is 24.2 Å². The highest BCUT2D eigenvalue weighted by Gasteiger charge is 2.39. The maximum Gasteiger partial charge on any atom is 0.522 e. The summed E-state index contributed by atoms with van der Waals surface area (Å²) in [5.74, 6) is -1.15. The van der Waals surface area contributed by atoms with Crippen LogP contribution in [0.1, 0.15) is 55.9 Å². The number of aromatic nitrogens is 3. The predicted molar refractivity (Wildman–Crippen MR) is 135 cm³/mol. The van der Waals surface area contributed by atoms with Crippen molar-refractivity contribution in [2.45, 2.75) is 57.7 Å². The van der Waals surface area contributed by atoms with Crippen molar-refractivity contribution in [1.82, 2.24) is 25.4 Å². The fourth-order valence-electron chi connectivity index (χ4n) is 4.08. The summed E-state index contributed by atoms with van der Waals surface area (Å²) in [7, 11) is 0. The van der Waals surface area contributed by atoms with Gasteiger partial charge in [0.05, 0.1) is 22.7 Å². The maximum atomic E-state index is 13.9. The van der Waals surface area contributed by atoms with E-state index in [2.05, 4.69) is 25.2 Å². The Bertz CT molecular complexity index is 1410. The number of rotatable bonds is 7. The Hall–Kier alpha value is -3.72. The van der Waals surface area contributed by atoms with E-state index in [1.54, 1.807) is 20.8 Å². The third kappa shape index (κ3) is 8.16. The van der Waals surface area contributed by atoms with E-state index in [4.69, 9.17) is 25.5 Å². The summed E-state index contributed by atoms with van der Waals surface area (Å²) in [5, 5.41) is 10.7. The molecule has 1 saturated heterocycles. The Morgan fingerprint density at radius 2 is 1.90 bits per heavy atom. The third-order valence-corrected chi connectivity index (χ3v) is 6.10. The molecule has 0 spiro atoms. The number of carbonyl (C=O) groups excluding carboxylic acids is 2. The molecule has 0 aliphatic carbocycles. The molecule has 222 valence electrons. The average Bonchev–Trinajstić information content (AvgIpc) is 3.34. The molecular weight excluding hydrogens is 578 g/mol. The molecule has 1 N–H and O–H groups in total. The fourth-order valence-corrected chi connectivity index (χ4v) is 4.24. The minimum atomic E-state index is -4.80. The van der Waals surface area contributed by atoms with Crippen molar-refractivity contribution in [3.05, 3.63) is 46.7 Å². The van der Waals surface area contributed by atoms with Crippen LogP contribution in [0.4, 0.5) is 22.4 Å². The Morgan fingerprint density at radius 1 is 1.15 bits per heavy atom. The van der Waals surface area contributed by atoms with Crippen molar-refractivity contribution in [1.29, 1.82) is 0 Å². The number of nitrogens with one attached hydrogen (secondary N) is 1. The zero-order chi connectivity index (χ0) is 29.9. The number of amides is 2. The van der Waals surface area contributed by atoms with Crippen molar-refractivity contribution in [3.8, 4) is 6.08 Å². The smallest absolute Gasteiger partial charge is 0.447 e. The van der Waals surface area contributed by atoms with Crippen LogP contribution < -0.4 is 10.1 Å². The van der Waals surface area contributed by atoms with Crippen LogP contribution in [0.25, 0.3) is 10.9 Å². The van der Waals surface area contributed by atoms with Crippen LogP contribution in [0, 0.1) is 5.82 Å². The van der Waals surface area contributed by atoms with Gasteiger partial charge in [-0.1, -0.05) is 16.7 Å². The minimum absolute atomic E-state index is 0.00849. The second kappa shape index (κ2) is 12.0. The molecule has 2 amide bonds. The summed E-state index contributed by atoms with van der Waals surface area (Å²) in [6.45, 7) is 3.79. The molecule has 1 aromatic carbocycles. The topological polar surface area (TPSA) is 129 Å². The Labute approximate surface area is 236 Å². The van der Waals surface area contributed by atoms with Gasteiger partial charge in [-0.3, -0.25) is 19.4 Å². The van der Waals surface area contributed by atoms with Gasteiger partial charge in [0.25, 0.3) is 5.91 Å². The number of halogens is 5. The lowest BCUT2D eigenvalue weighted by atomic mass is 9.98. The summed E-state index contributed by atoms with van der Waals surface area (Å²) < 4.78 is 69.9. The highest BCUT2D eigenvalue weighted by atomic mass is 35.5. The first-order valence-corrected chi connectivity index (χ1v) is 12.8.